The van der Waals surface area contributed by atoms with Gasteiger partial charge in [0.2, 0.25) is 5.91 Å². The van der Waals surface area contributed by atoms with E-state index >= 15 is 0 Å². The van der Waals surface area contributed by atoms with Crippen LogP contribution in [0.2, 0.25) is 0 Å². The van der Waals surface area contributed by atoms with E-state index in [1.165, 1.54) is 19.3 Å². The number of hydrogen-bond acceptors (Lipinski definition) is 3. The number of amides is 1. The lowest BCUT2D eigenvalue weighted by Gasteiger charge is -2.43. The van der Waals surface area contributed by atoms with Crippen LogP contribution in [0.3, 0.4) is 0 Å². The Labute approximate surface area is 122 Å². The Morgan fingerprint density at radius 2 is 2.15 bits per heavy atom. The maximum Gasteiger partial charge on any atom is 0.220 e. The van der Waals surface area contributed by atoms with Crippen LogP contribution in [-0.2, 0) is 9.53 Å². The van der Waals surface area contributed by atoms with Gasteiger partial charge in [0.15, 0.2) is 0 Å². The average Bonchev–Trinajstić information content (AvgIpc) is 2.39. The molecule has 20 heavy (non-hydrogen) atoms. The molecule has 2 aliphatic rings. The zero-order valence-electron chi connectivity index (χ0n) is 13.0. The van der Waals surface area contributed by atoms with E-state index in [4.69, 9.17) is 10.5 Å². The molecule has 116 valence electrons. The van der Waals surface area contributed by atoms with Crippen molar-refractivity contribution in [2.45, 2.75) is 70.4 Å². The first-order chi connectivity index (χ1) is 9.59. The molecule has 2 saturated carbocycles. The summed E-state index contributed by atoms with van der Waals surface area (Å²) in [4.78, 5) is 12.3. The van der Waals surface area contributed by atoms with Crippen molar-refractivity contribution in [2.24, 2.45) is 17.6 Å². The van der Waals surface area contributed by atoms with Crippen LogP contribution in [-0.4, -0.2) is 30.7 Å². The molecule has 3 N–H and O–H groups in total. The van der Waals surface area contributed by atoms with E-state index in [9.17, 15) is 4.79 Å². The predicted molar refractivity (Wildman–Crippen MR) is 80.3 cm³/mol. The first-order valence-electron chi connectivity index (χ1n) is 8.22. The Morgan fingerprint density at radius 3 is 2.75 bits per heavy atom. The van der Waals surface area contributed by atoms with Gasteiger partial charge in [-0.15, -0.1) is 0 Å². The molecular weight excluding hydrogens is 252 g/mol. The second kappa shape index (κ2) is 6.90. The molecule has 0 aromatic rings. The fraction of sp³-hybridized carbons (Fsp3) is 0.938. The van der Waals surface area contributed by atoms with Crippen LogP contribution < -0.4 is 11.1 Å². The van der Waals surface area contributed by atoms with Crippen LogP contribution in [0.4, 0.5) is 0 Å². The van der Waals surface area contributed by atoms with E-state index in [0.717, 1.165) is 25.9 Å². The smallest absolute Gasteiger partial charge is 0.220 e. The van der Waals surface area contributed by atoms with E-state index < -0.39 is 0 Å². The molecule has 2 unspecified atom stereocenters. The van der Waals surface area contributed by atoms with E-state index in [0.29, 0.717) is 30.9 Å². The fourth-order valence-corrected chi connectivity index (χ4v) is 3.76. The summed E-state index contributed by atoms with van der Waals surface area (Å²) in [5.41, 5.74) is 5.83. The summed E-state index contributed by atoms with van der Waals surface area (Å²) in [5.74, 6) is 1.17. The lowest BCUT2D eigenvalue weighted by Crippen LogP contribution is -2.59. The van der Waals surface area contributed by atoms with E-state index in [1.54, 1.807) is 0 Å². The third-order valence-corrected chi connectivity index (χ3v) is 5.27. The highest BCUT2D eigenvalue weighted by Crippen LogP contribution is 2.35. The lowest BCUT2D eigenvalue weighted by atomic mass is 9.73. The molecule has 1 amide bonds. The zero-order chi connectivity index (χ0) is 14.6. The molecular formula is C16H30N2O2. The van der Waals surface area contributed by atoms with Crippen molar-refractivity contribution in [2.75, 3.05) is 13.2 Å². The number of nitrogens with two attached hydrogens (primary N) is 1. The van der Waals surface area contributed by atoms with Crippen LogP contribution in [0.5, 0.6) is 0 Å². The first kappa shape index (κ1) is 15.8. The van der Waals surface area contributed by atoms with Crippen LogP contribution >= 0.6 is 0 Å². The third kappa shape index (κ3) is 3.53. The summed E-state index contributed by atoms with van der Waals surface area (Å²) < 4.78 is 5.55. The normalized spacial score (nSPS) is 37.2. The molecule has 4 heteroatoms. The van der Waals surface area contributed by atoms with E-state index in [1.807, 2.05) is 6.92 Å². The van der Waals surface area contributed by atoms with Crippen molar-refractivity contribution in [1.29, 1.82) is 0 Å². The minimum absolute atomic E-state index is 0.154. The average molecular weight is 282 g/mol. The number of carbonyl (C=O) groups excluding carboxylic acids is 1. The van der Waals surface area contributed by atoms with Gasteiger partial charge in [-0.25, -0.2) is 0 Å². The maximum atomic E-state index is 12.3. The predicted octanol–water partition coefficient (Wildman–Crippen LogP) is 2.22. The van der Waals surface area contributed by atoms with Gasteiger partial charge in [0.1, 0.15) is 0 Å². The molecule has 2 fully saturated rings. The molecule has 2 rings (SSSR count). The van der Waals surface area contributed by atoms with Crippen molar-refractivity contribution < 1.29 is 9.53 Å². The highest BCUT2D eigenvalue weighted by molar-refractivity contribution is 5.77. The Kier molecular flexibility index (Phi) is 5.44. The quantitative estimate of drug-likeness (QED) is 0.785. The third-order valence-electron chi connectivity index (χ3n) is 5.27. The number of carbonyl (C=O) groups is 1. The summed E-state index contributed by atoms with van der Waals surface area (Å²) in [7, 11) is 0. The summed E-state index contributed by atoms with van der Waals surface area (Å²) in [6.07, 6.45) is 7.73. The van der Waals surface area contributed by atoms with E-state index in [-0.39, 0.29) is 11.4 Å². The van der Waals surface area contributed by atoms with Gasteiger partial charge in [-0.1, -0.05) is 19.8 Å². The zero-order valence-corrected chi connectivity index (χ0v) is 13.0. The standard InChI is InChI=1S/C16H30N2O2/c1-3-20-14-8-13(9-14)10-15(19)18-16(11-17)7-5-4-6-12(16)2/h12-14H,3-11,17H2,1-2H3,(H,18,19). The minimum atomic E-state index is -0.154. The highest BCUT2D eigenvalue weighted by Gasteiger charge is 2.39. The lowest BCUT2D eigenvalue weighted by molar-refractivity contribution is -0.127. The Bertz CT molecular complexity index is 328. The van der Waals surface area contributed by atoms with Gasteiger partial charge >= 0.3 is 0 Å². The SMILES string of the molecule is CCOC1CC(CC(=O)NC2(CN)CCCCC2C)C1. The van der Waals surface area contributed by atoms with Crippen LogP contribution in [0.15, 0.2) is 0 Å². The molecule has 0 heterocycles. The topological polar surface area (TPSA) is 64.3 Å². The number of rotatable bonds is 6. The molecule has 0 spiro atoms. The number of ether oxygens (including phenoxy) is 1. The summed E-state index contributed by atoms with van der Waals surface area (Å²) >= 11 is 0. The van der Waals surface area contributed by atoms with Gasteiger partial charge in [0.05, 0.1) is 11.6 Å². The molecule has 0 radical (unpaired) electrons. The van der Waals surface area contributed by atoms with Gasteiger partial charge in [-0.2, -0.15) is 0 Å². The van der Waals surface area contributed by atoms with Gasteiger partial charge in [-0.05, 0) is 44.4 Å². The molecule has 0 aromatic carbocycles. The highest BCUT2D eigenvalue weighted by atomic mass is 16.5. The fourth-order valence-electron chi connectivity index (χ4n) is 3.76. The van der Waals surface area contributed by atoms with Crippen molar-refractivity contribution >= 4 is 5.91 Å². The molecule has 4 nitrogen and oxygen atoms in total. The molecule has 0 aromatic heterocycles. The first-order valence-corrected chi connectivity index (χ1v) is 8.22. The Morgan fingerprint density at radius 1 is 1.40 bits per heavy atom. The van der Waals surface area contributed by atoms with Crippen molar-refractivity contribution in [3.63, 3.8) is 0 Å². The summed E-state index contributed by atoms with van der Waals surface area (Å²) in [5, 5.41) is 3.27. The van der Waals surface area contributed by atoms with Crippen LogP contribution in [0.1, 0.15) is 58.8 Å². The molecule has 0 saturated heterocycles. The van der Waals surface area contributed by atoms with Gasteiger partial charge < -0.3 is 15.8 Å². The number of nitrogens with one attached hydrogen (secondary N) is 1. The van der Waals surface area contributed by atoms with Crippen LogP contribution in [0, 0.1) is 11.8 Å². The Hall–Kier alpha value is -0.610. The van der Waals surface area contributed by atoms with Gasteiger partial charge in [-0.3, -0.25) is 4.79 Å². The largest absolute Gasteiger partial charge is 0.378 e. The molecule has 2 aliphatic carbocycles. The second-order valence-electron chi connectivity index (χ2n) is 6.67. The maximum absolute atomic E-state index is 12.3. The van der Waals surface area contributed by atoms with Crippen molar-refractivity contribution in [3.8, 4) is 0 Å². The molecule has 0 bridgehead atoms. The van der Waals surface area contributed by atoms with Crippen molar-refractivity contribution in [1.82, 2.24) is 5.32 Å². The van der Waals surface area contributed by atoms with Gasteiger partial charge in [0.25, 0.3) is 0 Å². The second-order valence-corrected chi connectivity index (χ2v) is 6.67. The van der Waals surface area contributed by atoms with Gasteiger partial charge in [0, 0.05) is 19.6 Å². The number of hydrogen-bond donors (Lipinski definition) is 2. The minimum Gasteiger partial charge on any atom is -0.378 e. The molecule has 2 atom stereocenters. The summed E-state index contributed by atoms with van der Waals surface area (Å²) in [6.45, 7) is 5.58. The summed E-state index contributed by atoms with van der Waals surface area (Å²) in [6, 6.07) is 0. The molecule has 0 aliphatic heterocycles. The Balaban J connectivity index is 1.78. The van der Waals surface area contributed by atoms with Crippen LogP contribution in [0.25, 0.3) is 0 Å². The van der Waals surface area contributed by atoms with Crippen molar-refractivity contribution in [3.05, 3.63) is 0 Å². The monoisotopic (exact) mass is 282 g/mol. The van der Waals surface area contributed by atoms with E-state index in [2.05, 4.69) is 12.2 Å².